The molecule has 0 aliphatic heterocycles. The van der Waals surface area contributed by atoms with E-state index < -0.39 is 0 Å². The summed E-state index contributed by atoms with van der Waals surface area (Å²) < 4.78 is 12.9. The summed E-state index contributed by atoms with van der Waals surface area (Å²) in [5, 5.41) is 5.99. The molecule has 0 radical (unpaired) electrons. The van der Waals surface area contributed by atoms with E-state index in [9.17, 15) is 9.18 Å². The summed E-state index contributed by atoms with van der Waals surface area (Å²) in [6, 6.07) is 3.77. The lowest BCUT2D eigenvalue weighted by molar-refractivity contribution is -0.122. The number of amides is 1. The lowest BCUT2D eigenvalue weighted by Gasteiger charge is -2.20. The van der Waals surface area contributed by atoms with E-state index in [-0.39, 0.29) is 23.8 Å². The first-order chi connectivity index (χ1) is 7.95. The lowest BCUT2D eigenvalue weighted by atomic mass is 10.1. The first kappa shape index (κ1) is 13.9. The molecule has 5 heteroatoms. The van der Waals surface area contributed by atoms with Crippen molar-refractivity contribution in [2.24, 2.45) is 0 Å². The molecule has 0 aromatic heterocycles. The predicted octanol–water partition coefficient (Wildman–Crippen LogP) is 2.26. The number of hydrogen-bond donors (Lipinski definition) is 2. The predicted molar refractivity (Wildman–Crippen MR) is 66.5 cm³/mol. The second-order valence-electron chi connectivity index (χ2n) is 3.89. The first-order valence-electron chi connectivity index (χ1n) is 5.38. The molecule has 94 valence electrons. The van der Waals surface area contributed by atoms with Gasteiger partial charge >= 0.3 is 0 Å². The highest BCUT2D eigenvalue weighted by molar-refractivity contribution is 6.31. The van der Waals surface area contributed by atoms with Crippen LogP contribution in [-0.2, 0) is 4.79 Å². The van der Waals surface area contributed by atoms with Gasteiger partial charge in [-0.15, -0.1) is 0 Å². The molecular weight excluding hydrogens is 243 g/mol. The summed E-state index contributed by atoms with van der Waals surface area (Å²) in [4.78, 5) is 11.4. The van der Waals surface area contributed by atoms with Crippen molar-refractivity contribution in [2.45, 2.75) is 25.9 Å². The Hall–Kier alpha value is -1.13. The summed E-state index contributed by atoms with van der Waals surface area (Å²) in [5.41, 5.74) is 0.767. The van der Waals surface area contributed by atoms with Crippen LogP contribution in [0.4, 0.5) is 4.39 Å². The monoisotopic (exact) mass is 258 g/mol. The van der Waals surface area contributed by atoms with Crippen LogP contribution < -0.4 is 10.6 Å². The second-order valence-corrected chi connectivity index (χ2v) is 4.30. The molecule has 1 aromatic carbocycles. The summed E-state index contributed by atoms with van der Waals surface area (Å²) in [5.74, 6) is -0.472. The quantitative estimate of drug-likeness (QED) is 0.870. The molecule has 0 bridgehead atoms. The number of halogens is 2. The van der Waals surface area contributed by atoms with Gasteiger partial charge in [0.2, 0.25) is 5.91 Å². The molecule has 1 aromatic rings. The van der Waals surface area contributed by atoms with Gasteiger partial charge in [0.1, 0.15) is 5.82 Å². The van der Waals surface area contributed by atoms with Gasteiger partial charge in [-0.05, 0) is 31.5 Å². The highest BCUT2D eigenvalue weighted by Crippen LogP contribution is 2.23. The van der Waals surface area contributed by atoms with E-state index in [1.54, 1.807) is 20.0 Å². The van der Waals surface area contributed by atoms with Crippen molar-refractivity contribution >= 4 is 17.5 Å². The molecule has 0 aliphatic carbocycles. The van der Waals surface area contributed by atoms with E-state index >= 15 is 0 Å². The molecule has 0 heterocycles. The van der Waals surface area contributed by atoms with Gasteiger partial charge in [-0.2, -0.15) is 0 Å². The van der Waals surface area contributed by atoms with E-state index in [1.165, 1.54) is 12.1 Å². The van der Waals surface area contributed by atoms with Crippen LogP contribution in [0.3, 0.4) is 0 Å². The minimum Gasteiger partial charge on any atom is -0.358 e. The van der Waals surface area contributed by atoms with Gasteiger partial charge in [0.25, 0.3) is 0 Å². The Labute approximate surface area is 105 Å². The van der Waals surface area contributed by atoms with Crippen LogP contribution in [0.25, 0.3) is 0 Å². The van der Waals surface area contributed by atoms with Gasteiger partial charge < -0.3 is 5.32 Å². The molecular formula is C12H16ClFN2O. The molecule has 2 N–H and O–H groups in total. The Morgan fingerprint density at radius 2 is 2.06 bits per heavy atom. The largest absolute Gasteiger partial charge is 0.358 e. The fraction of sp³-hybridized carbons (Fsp3) is 0.417. The van der Waals surface area contributed by atoms with Crippen LogP contribution >= 0.6 is 11.6 Å². The number of benzene rings is 1. The fourth-order valence-corrected chi connectivity index (χ4v) is 1.94. The van der Waals surface area contributed by atoms with E-state index in [0.29, 0.717) is 5.02 Å². The van der Waals surface area contributed by atoms with Crippen molar-refractivity contribution in [2.75, 3.05) is 7.05 Å². The number of carbonyl (C=O) groups is 1. The van der Waals surface area contributed by atoms with Crippen molar-refractivity contribution in [3.63, 3.8) is 0 Å². The van der Waals surface area contributed by atoms with Crippen molar-refractivity contribution < 1.29 is 9.18 Å². The topological polar surface area (TPSA) is 41.1 Å². The molecule has 0 fully saturated rings. The molecule has 1 amide bonds. The number of rotatable bonds is 4. The zero-order chi connectivity index (χ0) is 13.0. The number of nitrogens with one attached hydrogen (secondary N) is 2. The number of likely N-dealkylation sites (N-methyl/N-ethyl adjacent to an activating group) is 1. The minimum atomic E-state index is -0.370. The van der Waals surface area contributed by atoms with Gasteiger partial charge in [-0.1, -0.05) is 17.7 Å². The molecule has 0 aliphatic rings. The van der Waals surface area contributed by atoms with Gasteiger partial charge in [0, 0.05) is 18.1 Å². The highest BCUT2D eigenvalue weighted by atomic mass is 35.5. The molecule has 1 rings (SSSR count). The third-order valence-electron chi connectivity index (χ3n) is 2.57. The second kappa shape index (κ2) is 5.98. The zero-order valence-electron chi connectivity index (χ0n) is 10.1. The van der Waals surface area contributed by atoms with Crippen LogP contribution in [0.1, 0.15) is 25.5 Å². The summed E-state index contributed by atoms with van der Waals surface area (Å²) in [6.45, 7) is 3.63. The standard InChI is InChI=1S/C12H16ClFN2O/c1-7(16-8(2)12(17)15-3)10-5-4-9(14)6-11(10)13/h4-8,16H,1-3H3,(H,15,17). The minimum absolute atomic E-state index is 0.102. The maximum absolute atomic E-state index is 12.9. The highest BCUT2D eigenvalue weighted by Gasteiger charge is 2.16. The van der Waals surface area contributed by atoms with Crippen LogP contribution in [0.5, 0.6) is 0 Å². The van der Waals surface area contributed by atoms with Gasteiger partial charge in [0.05, 0.1) is 6.04 Å². The molecule has 17 heavy (non-hydrogen) atoms. The third kappa shape index (κ3) is 3.68. The molecule has 3 nitrogen and oxygen atoms in total. The Morgan fingerprint density at radius 3 is 2.59 bits per heavy atom. The van der Waals surface area contributed by atoms with Crippen LogP contribution in [0.15, 0.2) is 18.2 Å². The Balaban J connectivity index is 2.76. The average molecular weight is 259 g/mol. The molecule has 2 atom stereocenters. The summed E-state index contributed by atoms with van der Waals surface area (Å²) in [6.07, 6.45) is 0. The third-order valence-corrected chi connectivity index (χ3v) is 2.90. The van der Waals surface area contributed by atoms with Crippen molar-refractivity contribution in [1.82, 2.24) is 10.6 Å². The van der Waals surface area contributed by atoms with Crippen molar-refractivity contribution in [3.8, 4) is 0 Å². The normalized spacial score (nSPS) is 14.2. The van der Waals surface area contributed by atoms with Crippen molar-refractivity contribution in [3.05, 3.63) is 34.6 Å². The first-order valence-corrected chi connectivity index (χ1v) is 5.76. The van der Waals surface area contributed by atoms with Crippen LogP contribution in [0, 0.1) is 5.82 Å². The number of carbonyl (C=O) groups excluding carboxylic acids is 1. The Morgan fingerprint density at radius 1 is 1.41 bits per heavy atom. The van der Waals surface area contributed by atoms with E-state index in [2.05, 4.69) is 10.6 Å². The fourth-order valence-electron chi connectivity index (χ4n) is 1.61. The van der Waals surface area contributed by atoms with Gasteiger partial charge in [-0.25, -0.2) is 4.39 Å². The zero-order valence-corrected chi connectivity index (χ0v) is 10.8. The van der Waals surface area contributed by atoms with E-state index in [0.717, 1.165) is 5.56 Å². The van der Waals surface area contributed by atoms with Gasteiger partial charge in [-0.3, -0.25) is 10.1 Å². The molecule has 2 unspecified atom stereocenters. The maximum atomic E-state index is 12.9. The van der Waals surface area contributed by atoms with Gasteiger partial charge in [0.15, 0.2) is 0 Å². The van der Waals surface area contributed by atoms with E-state index in [4.69, 9.17) is 11.6 Å². The van der Waals surface area contributed by atoms with Crippen LogP contribution in [-0.4, -0.2) is 19.0 Å². The smallest absolute Gasteiger partial charge is 0.236 e. The SMILES string of the molecule is CNC(=O)C(C)NC(C)c1ccc(F)cc1Cl. The van der Waals surface area contributed by atoms with E-state index in [1.807, 2.05) is 6.92 Å². The lowest BCUT2D eigenvalue weighted by Crippen LogP contribution is -2.41. The molecule has 0 saturated heterocycles. The van der Waals surface area contributed by atoms with Crippen molar-refractivity contribution in [1.29, 1.82) is 0 Å². The molecule has 0 spiro atoms. The average Bonchev–Trinajstić information content (AvgIpc) is 2.27. The summed E-state index contributed by atoms with van der Waals surface area (Å²) >= 11 is 5.94. The summed E-state index contributed by atoms with van der Waals surface area (Å²) in [7, 11) is 1.58. The Bertz CT molecular complexity index is 411. The van der Waals surface area contributed by atoms with Crippen LogP contribution in [0.2, 0.25) is 5.02 Å². The molecule has 0 saturated carbocycles. The maximum Gasteiger partial charge on any atom is 0.236 e. The number of hydrogen-bond acceptors (Lipinski definition) is 2. The Kier molecular flexibility index (Phi) is 4.90.